The van der Waals surface area contributed by atoms with Crippen LogP contribution in [-0.2, 0) is 0 Å². The fourth-order valence-electron chi connectivity index (χ4n) is 2.55. The minimum Gasteiger partial charge on any atom is -0.324 e. The van der Waals surface area contributed by atoms with Crippen LogP contribution >= 0.6 is 0 Å². The van der Waals surface area contributed by atoms with Gasteiger partial charge in [0.05, 0.1) is 0 Å². The molecule has 0 unspecified atom stereocenters. The number of hydrogen-bond donors (Lipinski definition) is 1. The highest BCUT2D eigenvalue weighted by Gasteiger charge is 2.39. The van der Waals surface area contributed by atoms with Crippen LogP contribution in [0.1, 0.15) is 38.5 Å². The Kier molecular flexibility index (Phi) is 2.61. The second kappa shape index (κ2) is 3.58. The molecule has 0 amide bonds. The summed E-state index contributed by atoms with van der Waals surface area (Å²) in [7, 11) is 2.23. The van der Waals surface area contributed by atoms with Gasteiger partial charge in [-0.3, -0.25) is 0 Å². The van der Waals surface area contributed by atoms with Crippen LogP contribution in [0.15, 0.2) is 0 Å². The van der Waals surface area contributed by atoms with Crippen LogP contribution in [0.25, 0.3) is 0 Å². The molecule has 2 saturated carbocycles. The molecule has 2 aliphatic carbocycles. The van der Waals surface area contributed by atoms with Crippen molar-refractivity contribution in [1.29, 1.82) is 0 Å². The number of likely N-dealkylation sites (N-methyl/N-ethyl adjacent to an activating group) is 1. The maximum Gasteiger partial charge on any atom is 0.0284 e. The zero-order chi connectivity index (χ0) is 9.31. The van der Waals surface area contributed by atoms with Gasteiger partial charge in [0.25, 0.3) is 0 Å². The highest BCUT2D eigenvalue weighted by atomic mass is 15.1. The molecule has 0 radical (unpaired) electrons. The Morgan fingerprint density at radius 3 is 2.46 bits per heavy atom. The van der Waals surface area contributed by atoms with Gasteiger partial charge in [-0.15, -0.1) is 0 Å². The molecular formula is C11H22N2. The lowest BCUT2D eigenvalue weighted by molar-refractivity contribution is 0.257. The second-order valence-electron chi connectivity index (χ2n) is 5.21. The SMILES string of the molecule is CN(CC1CCCC1)CC1(N)CC1. The van der Waals surface area contributed by atoms with Gasteiger partial charge in [0.2, 0.25) is 0 Å². The van der Waals surface area contributed by atoms with Crippen molar-refractivity contribution in [2.75, 3.05) is 20.1 Å². The number of hydrogen-bond acceptors (Lipinski definition) is 2. The highest BCUT2D eigenvalue weighted by Crippen LogP contribution is 2.33. The standard InChI is InChI=1S/C11H22N2/c1-13(9-11(12)6-7-11)8-10-4-2-3-5-10/h10H,2-9,12H2,1H3. The molecule has 0 aromatic carbocycles. The fraction of sp³-hybridized carbons (Fsp3) is 1.00. The maximum absolute atomic E-state index is 6.08. The molecule has 2 nitrogen and oxygen atoms in total. The fourth-order valence-corrected chi connectivity index (χ4v) is 2.55. The van der Waals surface area contributed by atoms with Crippen molar-refractivity contribution < 1.29 is 0 Å². The summed E-state index contributed by atoms with van der Waals surface area (Å²) in [6, 6.07) is 0. The van der Waals surface area contributed by atoms with Gasteiger partial charge in [-0.2, -0.15) is 0 Å². The van der Waals surface area contributed by atoms with Crippen LogP contribution in [0.4, 0.5) is 0 Å². The second-order valence-corrected chi connectivity index (χ2v) is 5.21. The summed E-state index contributed by atoms with van der Waals surface area (Å²) in [6.07, 6.45) is 8.27. The van der Waals surface area contributed by atoms with Crippen LogP contribution < -0.4 is 5.73 Å². The molecule has 13 heavy (non-hydrogen) atoms. The first-order valence-corrected chi connectivity index (χ1v) is 5.65. The largest absolute Gasteiger partial charge is 0.324 e. The molecule has 0 aliphatic heterocycles. The van der Waals surface area contributed by atoms with Crippen molar-refractivity contribution in [2.24, 2.45) is 11.7 Å². The predicted octanol–water partition coefficient (Wildman–Crippen LogP) is 1.60. The predicted molar refractivity (Wildman–Crippen MR) is 55.6 cm³/mol. The van der Waals surface area contributed by atoms with E-state index in [2.05, 4.69) is 11.9 Å². The zero-order valence-electron chi connectivity index (χ0n) is 8.76. The van der Waals surface area contributed by atoms with Crippen molar-refractivity contribution in [1.82, 2.24) is 4.90 Å². The van der Waals surface area contributed by atoms with Gasteiger partial charge in [0.1, 0.15) is 0 Å². The first-order chi connectivity index (χ1) is 6.18. The van der Waals surface area contributed by atoms with Crippen molar-refractivity contribution in [3.63, 3.8) is 0 Å². The van der Waals surface area contributed by atoms with E-state index < -0.39 is 0 Å². The molecule has 0 atom stereocenters. The first-order valence-electron chi connectivity index (χ1n) is 5.65. The summed E-state index contributed by atoms with van der Waals surface area (Å²) in [5, 5.41) is 0. The average Bonchev–Trinajstić information content (AvgIpc) is 2.61. The molecule has 0 spiro atoms. The van der Waals surface area contributed by atoms with Crippen LogP contribution in [-0.4, -0.2) is 30.6 Å². The molecule has 0 bridgehead atoms. The van der Waals surface area contributed by atoms with E-state index in [0.29, 0.717) is 0 Å². The Hall–Kier alpha value is -0.0800. The summed E-state index contributed by atoms with van der Waals surface area (Å²) in [5.74, 6) is 0.965. The van der Waals surface area contributed by atoms with Crippen molar-refractivity contribution in [2.45, 2.75) is 44.1 Å². The molecule has 2 aliphatic rings. The Morgan fingerprint density at radius 1 is 1.31 bits per heavy atom. The molecule has 2 N–H and O–H groups in total. The van der Waals surface area contributed by atoms with Crippen LogP contribution in [0.3, 0.4) is 0 Å². The molecular weight excluding hydrogens is 160 g/mol. The Balaban J connectivity index is 1.68. The lowest BCUT2D eigenvalue weighted by Crippen LogP contribution is -2.39. The topological polar surface area (TPSA) is 29.3 Å². The molecule has 0 heterocycles. The Bertz CT molecular complexity index is 169. The van der Waals surface area contributed by atoms with E-state index in [1.165, 1.54) is 45.1 Å². The maximum atomic E-state index is 6.08. The summed E-state index contributed by atoms with van der Waals surface area (Å²) in [6.45, 7) is 2.39. The van der Waals surface area contributed by atoms with Gasteiger partial charge >= 0.3 is 0 Å². The smallest absolute Gasteiger partial charge is 0.0284 e. The minimum absolute atomic E-state index is 0.202. The molecule has 0 saturated heterocycles. The summed E-state index contributed by atoms with van der Waals surface area (Å²) < 4.78 is 0. The molecule has 2 rings (SSSR count). The summed E-state index contributed by atoms with van der Waals surface area (Å²) in [4.78, 5) is 2.45. The Morgan fingerprint density at radius 2 is 1.92 bits per heavy atom. The van der Waals surface area contributed by atoms with Crippen LogP contribution in [0.5, 0.6) is 0 Å². The third-order valence-corrected chi connectivity index (χ3v) is 3.52. The quantitative estimate of drug-likeness (QED) is 0.715. The number of nitrogens with two attached hydrogens (primary N) is 1. The third kappa shape index (κ3) is 2.68. The monoisotopic (exact) mass is 182 g/mol. The van der Waals surface area contributed by atoms with Crippen LogP contribution in [0, 0.1) is 5.92 Å². The van der Waals surface area contributed by atoms with Gasteiger partial charge in [0, 0.05) is 18.6 Å². The van der Waals surface area contributed by atoms with Gasteiger partial charge in [-0.05, 0) is 38.6 Å². The molecule has 2 heteroatoms. The van der Waals surface area contributed by atoms with Gasteiger partial charge in [0.15, 0.2) is 0 Å². The molecule has 0 aromatic rings. The van der Waals surface area contributed by atoms with Crippen LogP contribution in [0.2, 0.25) is 0 Å². The van der Waals surface area contributed by atoms with Crippen molar-refractivity contribution in [3.05, 3.63) is 0 Å². The Labute approximate surface area is 81.5 Å². The zero-order valence-corrected chi connectivity index (χ0v) is 8.76. The molecule has 2 fully saturated rings. The van der Waals surface area contributed by atoms with Gasteiger partial charge < -0.3 is 10.6 Å². The lowest BCUT2D eigenvalue weighted by Gasteiger charge is -2.23. The van der Waals surface area contributed by atoms with E-state index >= 15 is 0 Å². The molecule has 0 aromatic heterocycles. The minimum atomic E-state index is 0.202. The highest BCUT2D eigenvalue weighted by molar-refractivity contribution is 5.00. The average molecular weight is 182 g/mol. The summed E-state index contributed by atoms with van der Waals surface area (Å²) >= 11 is 0. The van der Waals surface area contributed by atoms with E-state index in [9.17, 15) is 0 Å². The van der Waals surface area contributed by atoms with E-state index in [4.69, 9.17) is 5.73 Å². The van der Waals surface area contributed by atoms with E-state index in [0.717, 1.165) is 12.5 Å². The number of rotatable bonds is 4. The number of nitrogens with zero attached hydrogens (tertiary/aromatic N) is 1. The van der Waals surface area contributed by atoms with E-state index in [-0.39, 0.29) is 5.54 Å². The van der Waals surface area contributed by atoms with E-state index in [1.54, 1.807) is 0 Å². The van der Waals surface area contributed by atoms with E-state index in [1.807, 2.05) is 0 Å². The summed E-state index contributed by atoms with van der Waals surface area (Å²) in [5.41, 5.74) is 6.28. The van der Waals surface area contributed by atoms with Crippen molar-refractivity contribution in [3.8, 4) is 0 Å². The molecule has 76 valence electrons. The lowest BCUT2D eigenvalue weighted by atomic mass is 10.1. The third-order valence-electron chi connectivity index (χ3n) is 3.52. The van der Waals surface area contributed by atoms with Crippen molar-refractivity contribution >= 4 is 0 Å². The van der Waals surface area contributed by atoms with Gasteiger partial charge in [-0.1, -0.05) is 12.8 Å². The normalized spacial score (nSPS) is 27.0. The first kappa shape index (κ1) is 9.47. The van der Waals surface area contributed by atoms with Gasteiger partial charge in [-0.25, -0.2) is 0 Å².